The molecule has 0 aliphatic rings. The van der Waals surface area contributed by atoms with Gasteiger partial charge in [0.05, 0.1) is 11.9 Å². The van der Waals surface area contributed by atoms with Crippen molar-refractivity contribution in [2.75, 3.05) is 10.6 Å². The second kappa shape index (κ2) is 5.88. The molecule has 1 aromatic carbocycles. The second-order valence-corrected chi connectivity index (χ2v) is 5.12. The number of anilines is 2. The van der Waals surface area contributed by atoms with Gasteiger partial charge in [0.2, 0.25) is 5.91 Å². The average Bonchev–Trinajstić information content (AvgIpc) is 2.85. The third kappa shape index (κ3) is 3.34. The summed E-state index contributed by atoms with van der Waals surface area (Å²) in [6.45, 7) is 3.29. The van der Waals surface area contributed by atoms with E-state index in [1.807, 2.05) is 6.92 Å². The number of benzene rings is 1. The normalized spacial score (nSPS) is 10.5. The number of carbonyl (C=O) groups excluding carboxylic acids is 2. The molecule has 7 heteroatoms. The van der Waals surface area contributed by atoms with Crippen LogP contribution in [-0.2, 0) is 4.79 Å². The zero-order valence-corrected chi connectivity index (χ0v) is 12.7. The first-order valence-corrected chi connectivity index (χ1v) is 7.03. The van der Waals surface area contributed by atoms with Gasteiger partial charge in [-0.05, 0) is 37.3 Å². The first-order valence-electron chi connectivity index (χ1n) is 7.03. The largest absolute Gasteiger partial charge is 0.326 e. The summed E-state index contributed by atoms with van der Waals surface area (Å²) in [4.78, 5) is 27.6. The van der Waals surface area contributed by atoms with Crippen LogP contribution >= 0.6 is 0 Å². The quantitative estimate of drug-likeness (QED) is 0.776. The average molecular weight is 309 g/mol. The molecule has 3 rings (SSSR count). The standard InChI is InChI=1S/C16H15N5O2/c1-10-9-21-15(17-10)7-6-14(20-21)16(23)19-13-5-3-4-12(8-13)18-11(2)22/h3-9H,1-2H3,(H,18,22)(H,19,23). The topological polar surface area (TPSA) is 88.4 Å². The number of aryl methyl sites for hydroxylation is 1. The maximum atomic E-state index is 12.3. The first kappa shape index (κ1) is 14.7. The predicted molar refractivity (Wildman–Crippen MR) is 86.4 cm³/mol. The van der Waals surface area contributed by atoms with E-state index in [0.29, 0.717) is 17.0 Å². The van der Waals surface area contributed by atoms with E-state index in [-0.39, 0.29) is 17.5 Å². The Balaban J connectivity index is 1.81. The third-order valence-corrected chi connectivity index (χ3v) is 3.11. The third-order valence-electron chi connectivity index (χ3n) is 3.11. The highest BCUT2D eigenvalue weighted by atomic mass is 16.2. The number of hydrogen-bond acceptors (Lipinski definition) is 4. The molecule has 2 aromatic heterocycles. The molecule has 0 bridgehead atoms. The van der Waals surface area contributed by atoms with Crippen LogP contribution in [0.1, 0.15) is 23.1 Å². The van der Waals surface area contributed by atoms with Crippen LogP contribution < -0.4 is 10.6 Å². The van der Waals surface area contributed by atoms with Crippen LogP contribution in [0.4, 0.5) is 11.4 Å². The summed E-state index contributed by atoms with van der Waals surface area (Å²) < 4.78 is 1.57. The molecule has 0 atom stereocenters. The van der Waals surface area contributed by atoms with Gasteiger partial charge >= 0.3 is 0 Å². The van der Waals surface area contributed by atoms with Crippen LogP contribution in [-0.4, -0.2) is 26.4 Å². The van der Waals surface area contributed by atoms with Crippen molar-refractivity contribution in [3.05, 3.63) is 54.0 Å². The van der Waals surface area contributed by atoms with Crippen molar-refractivity contribution in [3.8, 4) is 0 Å². The monoisotopic (exact) mass is 309 g/mol. The van der Waals surface area contributed by atoms with Gasteiger partial charge in [-0.3, -0.25) is 9.59 Å². The molecule has 23 heavy (non-hydrogen) atoms. The molecule has 0 saturated carbocycles. The van der Waals surface area contributed by atoms with E-state index in [1.54, 1.807) is 47.1 Å². The van der Waals surface area contributed by atoms with Crippen molar-refractivity contribution in [3.63, 3.8) is 0 Å². The van der Waals surface area contributed by atoms with Crippen LogP contribution in [0.3, 0.4) is 0 Å². The molecule has 7 nitrogen and oxygen atoms in total. The molecule has 0 fully saturated rings. The predicted octanol–water partition coefficient (Wildman–Crippen LogP) is 2.25. The fraction of sp³-hybridized carbons (Fsp3) is 0.125. The highest BCUT2D eigenvalue weighted by molar-refractivity contribution is 6.03. The van der Waals surface area contributed by atoms with Gasteiger partial charge in [0.25, 0.3) is 5.91 Å². The number of nitrogens with zero attached hydrogens (tertiary/aromatic N) is 3. The molecule has 0 saturated heterocycles. The molecular formula is C16H15N5O2. The van der Waals surface area contributed by atoms with Gasteiger partial charge in [0.15, 0.2) is 5.65 Å². The van der Waals surface area contributed by atoms with Gasteiger partial charge in [0.1, 0.15) is 5.69 Å². The summed E-state index contributed by atoms with van der Waals surface area (Å²) in [5, 5.41) is 9.66. The minimum atomic E-state index is -0.335. The van der Waals surface area contributed by atoms with E-state index in [0.717, 1.165) is 5.69 Å². The molecular weight excluding hydrogens is 294 g/mol. The number of imidazole rings is 1. The summed E-state index contributed by atoms with van der Waals surface area (Å²) >= 11 is 0. The molecule has 0 aliphatic heterocycles. The molecule has 0 radical (unpaired) electrons. The number of rotatable bonds is 3. The lowest BCUT2D eigenvalue weighted by atomic mass is 10.2. The summed E-state index contributed by atoms with van der Waals surface area (Å²) in [5.41, 5.74) is 2.98. The Morgan fingerprint density at radius 2 is 1.83 bits per heavy atom. The van der Waals surface area contributed by atoms with Crippen molar-refractivity contribution in [1.82, 2.24) is 14.6 Å². The Kier molecular flexibility index (Phi) is 3.76. The van der Waals surface area contributed by atoms with Gasteiger partial charge in [-0.15, -0.1) is 0 Å². The lowest BCUT2D eigenvalue weighted by Gasteiger charge is -2.07. The van der Waals surface area contributed by atoms with E-state index in [2.05, 4.69) is 20.7 Å². The second-order valence-electron chi connectivity index (χ2n) is 5.12. The van der Waals surface area contributed by atoms with Gasteiger partial charge in [-0.1, -0.05) is 6.07 Å². The first-order chi connectivity index (χ1) is 11.0. The van der Waals surface area contributed by atoms with Crippen LogP contribution in [0, 0.1) is 6.92 Å². The zero-order valence-electron chi connectivity index (χ0n) is 12.7. The fourth-order valence-corrected chi connectivity index (χ4v) is 2.19. The SMILES string of the molecule is CC(=O)Nc1cccc(NC(=O)c2ccc3nc(C)cn3n2)c1. The van der Waals surface area contributed by atoms with E-state index in [4.69, 9.17) is 0 Å². The van der Waals surface area contributed by atoms with Crippen molar-refractivity contribution < 1.29 is 9.59 Å². The Morgan fingerprint density at radius 3 is 2.57 bits per heavy atom. The summed E-state index contributed by atoms with van der Waals surface area (Å²) in [6, 6.07) is 10.3. The molecule has 2 N–H and O–H groups in total. The smallest absolute Gasteiger partial charge is 0.276 e. The fourth-order valence-electron chi connectivity index (χ4n) is 2.19. The maximum Gasteiger partial charge on any atom is 0.276 e. The van der Waals surface area contributed by atoms with Gasteiger partial charge in [0, 0.05) is 18.3 Å². The van der Waals surface area contributed by atoms with Crippen molar-refractivity contribution in [1.29, 1.82) is 0 Å². The number of hydrogen-bond donors (Lipinski definition) is 2. The number of nitrogens with one attached hydrogen (secondary N) is 2. The van der Waals surface area contributed by atoms with Crippen LogP contribution in [0.15, 0.2) is 42.6 Å². The number of aromatic nitrogens is 3. The number of carbonyl (C=O) groups is 2. The Hall–Kier alpha value is -3.22. The lowest BCUT2D eigenvalue weighted by molar-refractivity contribution is -0.114. The Morgan fingerprint density at radius 1 is 1.09 bits per heavy atom. The molecule has 2 amide bonds. The van der Waals surface area contributed by atoms with Gasteiger partial charge in [-0.25, -0.2) is 9.50 Å². The molecule has 0 unspecified atom stereocenters. The minimum absolute atomic E-state index is 0.170. The lowest BCUT2D eigenvalue weighted by Crippen LogP contribution is -2.15. The Bertz CT molecular complexity index is 900. The summed E-state index contributed by atoms with van der Waals surface area (Å²) in [6.07, 6.45) is 1.75. The van der Waals surface area contributed by atoms with E-state index in [9.17, 15) is 9.59 Å². The van der Waals surface area contributed by atoms with E-state index in [1.165, 1.54) is 6.92 Å². The molecule has 0 spiro atoms. The number of amides is 2. The van der Waals surface area contributed by atoms with Crippen LogP contribution in [0.25, 0.3) is 5.65 Å². The van der Waals surface area contributed by atoms with Crippen LogP contribution in [0.5, 0.6) is 0 Å². The van der Waals surface area contributed by atoms with Crippen molar-refractivity contribution in [2.24, 2.45) is 0 Å². The van der Waals surface area contributed by atoms with Crippen LogP contribution in [0.2, 0.25) is 0 Å². The summed E-state index contributed by atoms with van der Waals surface area (Å²) in [5.74, 6) is -0.505. The maximum absolute atomic E-state index is 12.3. The van der Waals surface area contributed by atoms with Gasteiger partial charge in [-0.2, -0.15) is 5.10 Å². The summed E-state index contributed by atoms with van der Waals surface area (Å²) in [7, 11) is 0. The molecule has 2 heterocycles. The van der Waals surface area contributed by atoms with Crippen molar-refractivity contribution in [2.45, 2.75) is 13.8 Å². The molecule has 116 valence electrons. The number of fused-ring (bicyclic) bond motifs is 1. The van der Waals surface area contributed by atoms with E-state index >= 15 is 0 Å². The van der Waals surface area contributed by atoms with Crippen molar-refractivity contribution >= 4 is 28.8 Å². The Labute approximate surface area is 132 Å². The minimum Gasteiger partial charge on any atom is -0.326 e. The molecule has 0 aliphatic carbocycles. The highest BCUT2D eigenvalue weighted by Crippen LogP contribution is 2.16. The van der Waals surface area contributed by atoms with Gasteiger partial charge < -0.3 is 10.6 Å². The zero-order chi connectivity index (χ0) is 16.4. The molecule has 3 aromatic rings. The van der Waals surface area contributed by atoms with E-state index < -0.39 is 0 Å². The highest BCUT2D eigenvalue weighted by Gasteiger charge is 2.10.